The summed E-state index contributed by atoms with van der Waals surface area (Å²) >= 11 is 0. The molecule has 21 heavy (non-hydrogen) atoms. The Kier molecular flexibility index (Phi) is 7.13. The van der Waals surface area contributed by atoms with Gasteiger partial charge in [0.25, 0.3) is 0 Å². The summed E-state index contributed by atoms with van der Waals surface area (Å²) in [5.41, 5.74) is 2.32. The van der Waals surface area contributed by atoms with Crippen molar-refractivity contribution in [3.63, 3.8) is 0 Å². The van der Waals surface area contributed by atoms with E-state index in [-0.39, 0.29) is 0 Å². The summed E-state index contributed by atoms with van der Waals surface area (Å²) < 4.78 is 5.70. The zero-order chi connectivity index (χ0) is 14.9. The molecule has 0 aromatic carbocycles. The number of hydrogen-bond acceptors (Lipinski definition) is 4. The van der Waals surface area contributed by atoms with Crippen molar-refractivity contribution in [1.29, 1.82) is 0 Å². The van der Waals surface area contributed by atoms with Gasteiger partial charge in [0.2, 0.25) is 0 Å². The van der Waals surface area contributed by atoms with E-state index in [0.717, 1.165) is 64.3 Å². The van der Waals surface area contributed by atoms with Gasteiger partial charge in [-0.05, 0) is 44.9 Å². The van der Waals surface area contributed by atoms with Crippen molar-refractivity contribution in [2.24, 2.45) is 0 Å². The third-order valence-corrected chi connectivity index (χ3v) is 3.92. The van der Waals surface area contributed by atoms with Gasteiger partial charge in [0.05, 0.1) is 17.5 Å². The maximum atomic E-state index is 5.70. The summed E-state index contributed by atoms with van der Waals surface area (Å²) in [7, 11) is 0. The molecule has 1 aromatic heterocycles. The number of likely N-dealkylation sites (tertiary alicyclic amines) is 1. The highest BCUT2D eigenvalue weighted by Crippen LogP contribution is 2.15. The van der Waals surface area contributed by atoms with E-state index >= 15 is 0 Å². The van der Waals surface area contributed by atoms with Crippen LogP contribution < -0.4 is 5.32 Å². The predicted octanol–water partition coefficient (Wildman–Crippen LogP) is 2.58. The normalized spacial score (nSPS) is 17.2. The number of nitrogens with one attached hydrogen (secondary N) is 1. The zero-order valence-electron chi connectivity index (χ0n) is 13.5. The molecule has 4 heteroatoms. The lowest BCUT2D eigenvalue weighted by atomic mass is 10.1. The molecule has 1 N–H and O–H groups in total. The second kappa shape index (κ2) is 9.13. The average molecular weight is 291 g/mol. The first-order valence-electron chi connectivity index (χ1n) is 8.31. The number of rotatable bonds is 8. The fourth-order valence-electron chi connectivity index (χ4n) is 2.81. The van der Waals surface area contributed by atoms with E-state index in [9.17, 15) is 0 Å². The molecule has 0 atom stereocenters. The first kappa shape index (κ1) is 16.4. The fourth-order valence-corrected chi connectivity index (χ4v) is 2.81. The Morgan fingerprint density at radius 2 is 2.00 bits per heavy atom. The van der Waals surface area contributed by atoms with Gasteiger partial charge in [-0.25, -0.2) is 0 Å². The zero-order valence-corrected chi connectivity index (χ0v) is 13.5. The van der Waals surface area contributed by atoms with E-state index in [1.54, 1.807) is 0 Å². The van der Waals surface area contributed by atoms with Crippen molar-refractivity contribution >= 4 is 0 Å². The lowest BCUT2D eigenvalue weighted by Gasteiger charge is -2.31. The lowest BCUT2D eigenvalue weighted by molar-refractivity contribution is 0.0122. The number of nitrogens with zero attached hydrogens (tertiary/aromatic N) is 2. The van der Waals surface area contributed by atoms with Crippen LogP contribution in [-0.4, -0.2) is 42.2 Å². The van der Waals surface area contributed by atoms with Crippen LogP contribution in [0.4, 0.5) is 0 Å². The van der Waals surface area contributed by atoms with Crippen LogP contribution in [0.1, 0.15) is 44.5 Å². The molecule has 0 aliphatic carbocycles. The molecule has 0 spiro atoms. The Hall–Kier alpha value is -0.970. The van der Waals surface area contributed by atoms with Gasteiger partial charge < -0.3 is 10.1 Å². The predicted molar refractivity (Wildman–Crippen MR) is 86.2 cm³/mol. The molecule has 2 rings (SSSR count). The molecular formula is C17H29N3O. The summed E-state index contributed by atoms with van der Waals surface area (Å²) in [6.45, 7) is 10.2. The summed E-state index contributed by atoms with van der Waals surface area (Å²) in [5, 5.41) is 3.41. The molecule has 1 saturated heterocycles. The molecule has 0 bridgehead atoms. The minimum Gasteiger partial charge on any atom is -0.378 e. The molecule has 0 radical (unpaired) electrons. The first-order chi connectivity index (χ1) is 10.3. The summed E-state index contributed by atoms with van der Waals surface area (Å²) in [6, 6.07) is 6.36. The molecule has 1 aromatic rings. The van der Waals surface area contributed by atoms with Crippen LogP contribution in [0.2, 0.25) is 0 Å². The van der Waals surface area contributed by atoms with E-state index in [0.29, 0.717) is 6.10 Å². The smallest absolute Gasteiger partial charge is 0.0599 e. The maximum absolute atomic E-state index is 5.70. The topological polar surface area (TPSA) is 37.4 Å². The van der Waals surface area contributed by atoms with Crippen LogP contribution >= 0.6 is 0 Å². The molecule has 0 unspecified atom stereocenters. The van der Waals surface area contributed by atoms with Crippen LogP contribution in [-0.2, 0) is 17.8 Å². The Balaban J connectivity index is 1.79. The van der Waals surface area contributed by atoms with Crippen molar-refractivity contribution in [1.82, 2.24) is 15.2 Å². The highest BCUT2D eigenvalue weighted by atomic mass is 16.5. The van der Waals surface area contributed by atoms with E-state index < -0.39 is 0 Å². The number of hydrogen-bond donors (Lipinski definition) is 1. The van der Waals surface area contributed by atoms with E-state index in [1.165, 1.54) is 5.69 Å². The maximum Gasteiger partial charge on any atom is 0.0599 e. The first-order valence-corrected chi connectivity index (χ1v) is 8.31. The number of aromatic nitrogens is 1. The summed E-state index contributed by atoms with van der Waals surface area (Å²) in [4.78, 5) is 7.25. The second-order valence-electron chi connectivity index (χ2n) is 5.73. The second-order valence-corrected chi connectivity index (χ2v) is 5.73. The third-order valence-electron chi connectivity index (χ3n) is 3.92. The van der Waals surface area contributed by atoms with Gasteiger partial charge in [-0.3, -0.25) is 9.88 Å². The minimum atomic E-state index is 0.462. The highest BCUT2D eigenvalue weighted by molar-refractivity contribution is 5.11. The van der Waals surface area contributed by atoms with E-state index in [4.69, 9.17) is 9.72 Å². The molecule has 1 aliphatic rings. The SMILES string of the molecule is CCCNCc1cccc(CN2CCC(OCC)CC2)n1. The fraction of sp³-hybridized carbons (Fsp3) is 0.706. The monoisotopic (exact) mass is 291 g/mol. The van der Waals surface area contributed by atoms with Crippen LogP contribution in [0.3, 0.4) is 0 Å². The Labute approximate surface area is 128 Å². The number of pyridine rings is 1. The lowest BCUT2D eigenvalue weighted by Crippen LogP contribution is -2.36. The van der Waals surface area contributed by atoms with Crippen molar-refractivity contribution < 1.29 is 4.74 Å². The van der Waals surface area contributed by atoms with Crippen molar-refractivity contribution in [2.75, 3.05) is 26.2 Å². The molecular weight excluding hydrogens is 262 g/mol. The van der Waals surface area contributed by atoms with E-state index in [1.807, 2.05) is 0 Å². The quantitative estimate of drug-likeness (QED) is 0.747. The minimum absolute atomic E-state index is 0.462. The Morgan fingerprint density at radius 1 is 1.24 bits per heavy atom. The third kappa shape index (κ3) is 5.73. The van der Waals surface area contributed by atoms with E-state index in [2.05, 4.69) is 42.3 Å². The summed E-state index contributed by atoms with van der Waals surface area (Å²) in [6.07, 6.45) is 3.91. The molecule has 0 amide bonds. The largest absolute Gasteiger partial charge is 0.378 e. The Bertz CT molecular complexity index is 403. The van der Waals surface area contributed by atoms with Gasteiger partial charge in [-0.15, -0.1) is 0 Å². The van der Waals surface area contributed by atoms with Crippen LogP contribution in [0.15, 0.2) is 18.2 Å². The van der Waals surface area contributed by atoms with Gasteiger partial charge >= 0.3 is 0 Å². The average Bonchev–Trinajstić information content (AvgIpc) is 2.50. The Morgan fingerprint density at radius 3 is 2.71 bits per heavy atom. The molecule has 0 saturated carbocycles. The molecule has 118 valence electrons. The number of piperidine rings is 1. The number of ether oxygens (including phenoxy) is 1. The summed E-state index contributed by atoms with van der Waals surface area (Å²) in [5.74, 6) is 0. The van der Waals surface area contributed by atoms with Gasteiger partial charge in [0.1, 0.15) is 0 Å². The van der Waals surface area contributed by atoms with Gasteiger partial charge in [-0.1, -0.05) is 13.0 Å². The van der Waals surface area contributed by atoms with Crippen molar-refractivity contribution in [3.8, 4) is 0 Å². The molecule has 4 nitrogen and oxygen atoms in total. The standard InChI is InChI=1S/C17H29N3O/c1-3-10-18-13-15-6-5-7-16(19-15)14-20-11-8-17(9-12-20)21-4-2/h5-7,17-18H,3-4,8-14H2,1-2H3. The van der Waals surface area contributed by atoms with Crippen LogP contribution in [0, 0.1) is 0 Å². The van der Waals surface area contributed by atoms with Crippen molar-refractivity contribution in [3.05, 3.63) is 29.6 Å². The van der Waals surface area contributed by atoms with Gasteiger partial charge in [0.15, 0.2) is 0 Å². The molecule has 1 aliphatic heterocycles. The molecule has 1 fully saturated rings. The van der Waals surface area contributed by atoms with Gasteiger partial charge in [0, 0.05) is 32.8 Å². The molecule has 2 heterocycles. The van der Waals surface area contributed by atoms with Crippen LogP contribution in [0.25, 0.3) is 0 Å². The highest BCUT2D eigenvalue weighted by Gasteiger charge is 2.19. The van der Waals surface area contributed by atoms with Crippen molar-refractivity contribution in [2.45, 2.75) is 52.3 Å². The van der Waals surface area contributed by atoms with Gasteiger partial charge in [-0.2, -0.15) is 0 Å². The van der Waals surface area contributed by atoms with Crippen LogP contribution in [0.5, 0.6) is 0 Å².